The van der Waals surface area contributed by atoms with E-state index in [2.05, 4.69) is 10.7 Å². The molecule has 1 amide bonds. The van der Waals surface area contributed by atoms with Crippen LogP contribution in [0.4, 0.5) is 0 Å². The Morgan fingerprint density at radius 1 is 1.07 bits per heavy atom. The first-order valence-corrected chi connectivity index (χ1v) is 12.0. The van der Waals surface area contributed by atoms with E-state index in [9.17, 15) is 4.79 Å². The van der Waals surface area contributed by atoms with Crippen molar-refractivity contribution in [1.29, 1.82) is 0 Å². The molecule has 5 heteroatoms. The zero-order valence-electron chi connectivity index (χ0n) is 15.2. The normalized spacial score (nSPS) is 31.2. The van der Waals surface area contributed by atoms with Gasteiger partial charge in [0.25, 0.3) is 5.91 Å². The molecule has 2 nitrogen and oxygen atoms in total. The van der Waals surface area contributed by atoms with Crippen molar-refractivity contribution in [3.63, 3.8) is 0 Å². The zero-order valence-corrected chi connectivity index (χ0v) is 17.6. The van der Waals surface area contributed by atoms with Gasteiger partial charge in [-0.1, -0.05) is 23.4 Å². The van der Waals surface area contributed by atoms with Gasteiger partial charge >= 0.3 is 0 Å². The molecular formula is C22H24ClNOS2. The number of halogens is 1. The highest BCUT2D eigenvalue weighted by molar-refractivity contribution is 7.99. The van der Waals surface area contributed by atoms with Gasteiger partial charge in [-0.15, -0.1) is 0 Å². The average Bonchev–Trinajstić information content (AvgIpc) is 3.09. The summed E-state index contributed by atoms with van der Waals surface area (Å²) in [5.41, 5.74) is 1.19. The summed E-state index contributed by atoms with van der Waals surface area (Å²) in [4.78, 5) is 15.1. The van der Waals surface area contributed by atoms with Crippen LogP contribution in [-0.4, -0.2) is 12.5 Å². The monoisotopic (exact) mass is 417 g/mol. The van der Waals surface area contributed by atoms with Crippen LogP contribution < -0.4 is 5.32 Å². The van der Waals surface area contributed by atoms with Gasteiger partial charge < -0.3 is 5.32 Å². The highest BCUT2D eigenvalue weighted by atomic mass is 35.5. The predicted octanol–water partition coefficient (Wildman–Crippen LogP) is 6.50. The van der Waals surface area contributed by atoms with Gasteiger partial charge in [0.05, 0.1) is 5.56 Å². The van der Waals surface area contributed by atoms with Crippen molar-refractivity contribution in [2.24, 2.45) is 23.2 Å². The Morgan fingerprint density at radius 2 is 1.70 bits per heavy atom. The maximum Gasteiger partial charge on any atom is 0.253 e. The molecular weight excluding hydrogens is 394 g/mol. The summed E-state index contributed by atoms with van der Waals surface area (Å²) < 4.78 is 0. The minimum Gasteiger partial charge on any atom is -0.351 e. The molecule has 142 valence electrons. The highest BCUT2D eigenvalue weighted by Gasteiger charge is 2.50. The van der Waals surface area contributed by atoms with Gasteiger partial charge in [-0.25, -0.2) is 0 Å². The third-order valence-electron chi connectivity index (χ3n) is 6.70. The predicted molar refractivity (Wildman–Crippen MR) is 113 cm³/mol. The molecule has 4 aliphatic rings. The second-order valence-corrected chi connectivity index (χ2v) is 11.1. The van der Waals surface area contributed by atoms with Crippen molar-refractivity contribution in [1.82, 2.24) is 5.32 Å². The fourth-order valence-corrected chi connectivity index (χ4v) is 8.07. The van der Waals surface area contributed by atoms with Crippen LogP contribution in [0.1, 0.15) is 48.9 Å². The fourth-order valence-electron chi connectivity index (χ4n) is 6.03. The zero-order chi connectivity index (χ0) is 18.4. The summed E-state index contributed by atoms with van der Waals surface area (Å²) >= 11 is 9.20. The molecule has 4 bridgehead atoms. The van der Waals surface area contributed by atoms with Crippen molar-refractivity contribution in [3.05, 3.63) is 45.6 Å². The molecule has 27 heavy (non-hydrogen) atoms. The van der Waals surface area contributed by atoms with Gasteiger partial charge in [0, 0.05) is 32.1 Å². The Hall–Kier alpha value is -0.970. The Labute approximate surface area is 174 Å². The fraction of sp³-hybridized carbons (Fsp3) is 0.500. The Kier molecular flexibility index (Phi) is 4.77. The van der Waals surface area contributed by atoms with Crippen molar-refractivity contribution in [3.8, 4) is 0 Å². The number of rotatable bonds is 5. The van der Waals surface area contributed by atoms with E-state index in [-0.39, 0.29) is 5.91 Å². The molecule has 6 rings (SSSR count). The van der Waals surface area contributed by atoms with Gasteiger partial charge in [0.2, 0.25) is 0 Å². The molecule has 1 N–H and O–H groups in total. The molecule has 0 saturated heterocycles. The SMILES string of the molecule is O=C(NCC12CC3CC(CC(C3)C1)C2)c1cscc1Sc1ccc(Cl)cc1. The molecule has 0 unspecified atom stereocenters. The van der Waals surface area contributed by atoms with E-state index < -0.39 is 0 Å². The first-order valence-electron chi connectivity index (χ1n) is 9.86. The molecule has 4 saturated carbocycles. The summed E-state index contributed by atoms with van der Waals surface area (Å²) in [7, 11) is 0. The van der Waals surface area contributed by atoms with E-state index in [1.807, 2.05) is 29.6 Å². The Bertz CT molecular complexity index is 809. The van der Waals surface area contributed by atoms with Crippen LogP contribution in [0.3, 0.4) is 0 Å². The van der Waals surface area contributed by atoms with Crippen LogP contribution in [-0.2, 0) is 0 Å². The van der Waals surface area contributed by atoms with Crippen molar-refractivity contribution < 1.29 is 4.79 Å². The van der Waals surface area contributed by atoms with Crippen molar-refractivity contribution in [2.45, 2.75) is 48.3 Å². The van der Waals surface area contributed by atoms with Crippen LogP contribution in [0.2, 0.25) is 5.02 Å². The maximum absolute atomic E-state index is 12.9. The van der Waals surface area contributed by atoms with Crippen molar-refractivity contribution >= 4 is 40.6 Å². The lowest BCUT2D eigenvalue weighted by molar-refractivity contribution is -0.0503. The molecule has 4 aliphatic carbocycles. The molecule has 0 radical (unpaired) electrons. The summed E-state index contributed by atoms with van der Waals surface area (Å²) in [5.74, 6) is 2.85. The number of carbonyl (C=O) groups is 1. The number of hydrogen-bond donors (Lipinski definition) is 1. The number of amides is 1. The Morgan fingerprint density at radius 3 is 2.33 bits per heavy atom. The minimum atomic E-state index is 0.0865. The first kappa shape index (κ1) is 18.1. The summed E-state index contributed by atoms with van der Waals surface area (Å²) in [6.45, 7) is 0.857. The van der Waals surface area contributed by atoms with Crippen molar-refractivity contribution in [2.75, 3.05) is 6.54 Å². The van der Waals surface area contributed by atoms with Gasteiger partial charge in [-0.2, -0.15) is 11.3 Å². The number of hydrogen-bond acceptors (Lipinski definition) is 3. The highest BCUT2D eigenvalue weighted by Crippen LogP contribution is 2.59. The third-order valence-corrected chi connectivity index (χ3v) is 8.91. The molecule has 0 spiro atoms. The van der Waals surface area contributed by atoms with Gasteiger partial charge in [-0.05, 0) is 86.0 Å². The third kappa shape index (κ3) is 3.68. The van der Waals surface area contributed by atoms with E-state index in [1.54, 1.807) is 23.1 Å². The van der Waals surface area contributed by atoms with E-state index in [0.717, 1.165) is 44.7 Å². The van der Waals surface area contributed by atoms with Gasteiger partial charge in [-0.3, -0.25) is 4.79 Å². The Balaban J connectivity index is 1.26. The van der Waals surface area contributed by atoms with E-state index in [0.29, 0.717) is 5.41 Å². The summed E-state index contributed by atoms with van der Waals surface area (Å²) in [5, 5.41) is 8.09. The average molecular weight is 418 g/mol. The van der Waals surface area contributed by atoms with Crippen LogP contribution in [0.5, 0.6) is 0 Å². The lowest BCUT2D eigenvalue weighted by Gasteiger charge is -2.56. The number of benzene rings is 1. The number of carbonyl (C=O) groups excluding carboxylic acids is 1. The lowest BCUT2D eigenvalue weighted by Crippen LogP contribution is -2.51. The minimum absolute atomic E-state index is 0.0865. The topological polar surface area (TPSA) is 29.1 Å². The smallest absolute Gasteiger partial charge is 0.253 e. The molecule has 0 atom stereocenters. The number of nitrogens with one attached hydrogen (secondary N) is 1. The summed E-state index contributed by atoms with van der Waals surface area (Å²) in [6, 6.07) is 7.79. The van der Waals surface area contributed by atoms with Crippen LogP contribution in [0.15, 0.2) is 44.8 Å². The standard InChI is InChI=1S/C22H24ClNOS2/c23-17-1-3-18(4-2-17)27-20-12-26-11-19(20)21(25)24-13-22-8-14-5-15(9-22)7-16(6-14)10-22/h1-4,11-12,14-16H,5-10,13H2,(H,24,25). The molecule has 4 fully saturated rings. The lowest BCUT2D eigenvalue weighted by atomic mass is 9.49. The molecule has 1 aromatic carbocycles. The second kappa shape index (κ2) is 7.13. The van der Waals surface area contributed by atoms with E-state index in [1.165, 1.54) is 38.5 Å². The molecule has 2 aromatic rings. The molecule has 1 aromatic heterocycles. The van der Waals surface area contributed by atoms with Crippen LogP contribution in [0, 0.1) is 23.2 Å². The molecule has 1 heterocycles. The van der Waals surface area contributed by atoms with Gasteiger partial charge in [0.15, 0.2) is 0 Å². The first-order chi connectivity index (χ1) is 13.1. The van der Waals surface area contributed by atoms with Gasteiger partial charge in [0.1, 0.15) is 0 Å². The van der Waals surface area contributed by atoms with Crippen LogP contribution >= 0.6 is 34.7 Å². The van der Waals surface area contributed by atoms with E-state index in [4.69, 9.17) is 11.6 Å². The largest absolute Gasteiger partial charge is 0.351 e. The molecule has 0 aliphatic heterocycles. The second-order valence-electron chi connectivity index (χ2n) is 8.81. The van der Waals surface area contributed by atoms with Crippen LogP contribution in [0.25, 0.3) is 0 Å². The van der Waals surface area contributed by atoms with E-state index >= 15 is 0 Å². The summed E-state index contributed by atoms with van der Waals surface area (Å²) in [6.07, 6.45) is 8.32. The number of thiophene rings is 1. The maximum atomic E-state index is 12.9. The quantitative estimate of drug-likeness (QED) is 0.601.